The molecule has 4 nitrogen and oxygen atoms in total. The normalized spacial score (nSPS) is 23.8. The third-order valence-electron chi connectivity index (χ3n) is 3.70. The highest BCUT2D eigenvalue weighted by Crippen LogP contribution is 2.12. The van der Waals surface area contributed by atoms with Crippen LogP contribution in [0.15, 0.2) is 0 Å². The number of likely N-dealkylation sites (N-methyl/N-ethyl adjacent to an activating group) is 1. The van der Waals surface area contributed by atoms with E-state index in [4.69, 9.17) is 5.73 Å². The van der Waals surface area contributed by atoms with E-state index in [2.05, 4.69) is 25.8 Å². The van der Waals surface area contributed by atoms with Gasteiger partial charge in [-0.05, 0) is 19.9 Å². The molecule has 2 atom stereocenters. The van der Waals surface area contributed by atoms with Crippen molar-refractivity contribution in [2.75, 3.05) is 26.7 Å². The van der Waals surface area contributed by atoms with Crippen LogP contribution in [-0.2, 0) is 4.79 Å². The second kappa shape index (κ2) is 6.97. The van der Waals surface area contributed by atoms with Gasteiger partial charge in [-0.25, -0.2) is 0 Å². The van der Waals surface area contributed by atoms with Gasteiger partial charge in [0.1, 0.15) is 0 Å². The minimum absolute atomic E-state index is 0.0345. The van der Waals surface area contributed by atoms with E-state index < -0.39 is 0 Å². The van der Waals surface area contributed by atoms with Crippen LogP contribution in [0.1, 0.15) is 39.5 Å². The van der Waals surface area contributed by atoms with Crippen molar-refractivity contribution < 1.29 is 4.79 Å². The van der Waals surface area contributed by atoms with Crippen molar-refractivity contribution in [3.63, 3.8) is 0 Å². The van der Waals surface area contributed by atoms with Gasteiger partial charge in [-0.2, -0.15) is 0 Å². The number of amides is 1. The Kier molecular flexibility index (Phi) is 5.92. The average molecular weight is 241 g/mol. The van der Waals surface area contributed by atoms with Crippen LogP contribution < -0.4 is 5.73 Å². The minimum Gasteiger partial charge on any atom is -0.340 e. The number of nitrogens with zero attached hydrogens (tertiary/aromatic N) is 2. The number of hydrogen-bond acceptors (Lipinski definition) is 3. The maximum absolute atomic E-state index is 12.1. The van der Waals surface area contributed by atoms with Gasteiger partial charge in [0.25, 0.3) is 0 Å². The molecule has 1 rings (SSSR count). The Morgan fingerprint density at radius 1 is 1.41 bits per heavy atom. The van der Waals surface area contributed by atoms with Gasteiger partial charge in [-0.1, -0.05) is 20.3 Å². The maximum atomic E-state index is 12.1. The molecular formula is C13H27N3O. The molecule has 0 radical (unpaired) electrons. The molecule has 100 valence electrons. The first-order chi connectivity index (χ1) is 8.08. The first kappa shape index (κ1) is 14.5. The highest BCUT2D eigenvalue weighted by Gasteiger charge is 2.26. The summed E-state index contributed by atoms with van der Waals surface area (Å²) in [6.45, 7) is 6.98. The van der Waals surface area contributed by atoms with Crippen LogP contribution in [0, 0.1) is 0 Å². The molecule has 1 saturated heterocycles. The number of rotatable bonds is 5. The van der Waals surface area contributed by atoms with Gasteiger partial charge >= 0.3 is 0 Å². The lowest BCUT2D eigenvalue weighted by molar-refractivity contribution is -0.134. The summed E-state index contributed by atoms with van der Waals surface area (Å²) in [5.41, 5.74) is 5.93. The van der Waals surface area contributed by atoms with E-state index in [9.17, 15) is 4.79 Å². The number of carbonyl (C=O) groups excluding carboxylic acids is 1. The fourth-order valence-electron chi connectivity index (χ4n) is 2.44. The molecule has 17 heavy (non-hydrogen) atoms. The third-order valence-corrected chi connectivity index (χ3v) is 3.70. The van der Waals surface area contributed by atoms with E-state index in [-0.39, 0.29) is 11.9 Å². The van der Waals surface area contributed by atoms with Crippen LogP contribution in [0.25, 0.3) is 0 Å². The lowest BCUT2D eigenvalue weighted by atomic mass is 10.1. The Morgan fingerprint density at radius 2 is 2.12 bits per heavy atom. The fraction of sp³-hybridized carbons (Fsp3) is 0.923. The lowest BCUT2D eigenvalue weighted by Gasteiger charge is -2.39. The van der Waals surface area contributed by atoms with E-state index in [0.29, 0.717) is 12.5 Å². The minimum atomic E-state index is 0.0345. The molecule has 0 spiro atoms. The summed E-state index contributed by atoms with van der Waals surface area (Å²) >= 11 is 0. The number of hydrogen-bond donors (Lipinski definition) is 1. The summed E-state index contributed by atoms with van der Waals surface area (Å²) in [6.07, 6.45) is 3.60. The molecule has 0 aromatic carbocycles. The zero-order chi connectivity index (χ0) is 12.8. The van der Waals surface area contributed by atoms with Gasteiger partial charge in [0.05, 0.1) is 0 Å². The van der Waals surface area contributed by atoms with Crippen LogP contribution >= 0.6 is 0 Å². The van der Waals surface area contributed by atoms with Crippen molar-refractivity contribution in [3.8, 4) is 0 Å². The SMILES string of the molecule is CCCC(N)CC(=O)N1CCN(C)C(CC)C1. The Hall–Kier alpha value is -0.610. The van der Waals surface area contributed by atoms with Gasteiger partial charge in [0, 0.05) is 38.1 Å². The molecular weight excluding hydrogens is 214 g/mol. The summed E-state index contributed by atoms with van der Waals surface area (Å²) in [7, 11) is 2.14. The van der Waals surface area contributed by atoms with Crippen molar-refractivity contribution in [1.29, 1.82) is 0 Å². The largest absolute Gasteiger partial charge is 0.340 e. The molecule has 0 aromatic heterocycles. The van der Waals surface area contributed by atoms with Crippen molar-refractivity contribution in [1.82, 2.24) is 9.80 Å². The quantitative estimate of drug-likeness (QED) is 0.783. The fourth-order valence-corrected chi connectivity index (χ4v) is 2.44. The maximum Gasteiger partial charge on any atom is 0.224 e. The molecule has 1 aliphatic heterocycles. The summed E-state index contributed by atoms with van der Waals surface area (Å²) in [6, 6.07) is 0.544. The first-order valence-corrected chi connectivity index (χ1v) is 6.82. The zero-order valence-electron chi connectivity index (χ0n) is 11.5. The summed E-state index contributed by atoms with van der Waals surface area (Å²) < 4.78 is 0. The van der Waals surface area contributed by atoms with Crippen LogP contribution in [-0.4, -0.2) is 54.5 Å². The molecule has 1 amide bonds. The summed E-state index contributed by atoms with van der Waals surface area (Å²) in [4.78, 5) is 16.4. The second-order valence-electron chi connectivity index (χ2n) is 5.14. The second-order valence-corrected chi connectivity index (χ2v) is 5.14. The highest BCUT2D eigenvalue weighted by molar-refractivity contribution is 5.77. The number of carbonyl (C=O) groups is 1. The van der Waals surface area contributed by atoms with Gasteiger partial charge in [0.15, 0.2) is 0 Å². The number of nitrogens with two attached hydrogens (primary N) is 1. The predicted molar refractivity (Wildman–Crippen MR) is 70.8 cm³/mol. The van der Waals surface area contributed by atoms with Gasteiger partial charge in [0.2, 0.25) is 5.91 Å². The summed E-state index contributed by atoms with van der Waals surface area (Å²) in [5, 5.41) is 0. The molecule has 1 heterocycles. The zero-order valence-corrected chi connectivity index (χ0v) is 11.5. The van der Waals surface area contributed by atoms with E-state index in [0.717, 1.165) is 38.9 Å². The van der Waals surface area contributed by atoms with Crippen molar-refractivity contribution in [3.05, 3.63) is 0 Å². The molecule has 0 aliphatic carbocycles. The number of piperazine rings is 1. The standard InChI is InChI=1S/C13H27N3O/c1-4-6-11(14)9-13(17)16-8-7-15(3)12(5-2)10-16/h11-12H,4-10,14H2,1-3H3. The van der Waals surface area contributed by atoms with Gasteiger partial charge in [-0.15, -0.1) is 0 Å². The highest BCUT2D eigenvalue weighted by atomic mass is 16.2. The van der Waals surface area contributed by atoms with Gasteiger partial charge < -0.3 is 10.6 Å². The smallest absolute Gasteiger partial charge is 0.224 e. The molecule has 0 saturated carbocycles. The van der Waals surface area contributed by atoms with E-state index in [1.807, 2.05) is 4.90 Å². The summed E-state index contributed by atoms with van der Waals surface area (Å²) in [5.74, 6) is 0.234. The Labute approximate surface area is 105 Å². The molecule has 2 unspecified atom stereocenters. The van der Waals surface area contributed by atoms with Crippen LogP contribution in [0.4, 0.5) is 0 Å². The third kappa shape index (κ3) is 4.28. The van der Waals surface area contributed by atoms with E-state index >= 15 is 0 Å². The van der Waals surface area contributed by atoms with E-state index in [1.54, 1.807) is 0 Å². The molecule has 0 bridgehead atoms. The van der Waals surface area contributed by atoms with Gasteiger partial charge in [-0.3, -0.25) is 9.69 Å². The van der Waals surface area contributed by atoms with Crippen molar-refractivity contribution in [2.24, 2.45) is 5.73 Å². The molecule has 4 heteroatoms. The van der Waals surface area contributed by atoms with Crippen molar-refractivity contribution >= 4 is 5.91 Å². The predicted octanol–water partition coefficient (Wildman–Crippen LogP) is 1.06. The van der Waals surface area contributed by atoms with Crippen LogP contribution in [0.3, 0.4) is 0 Å². The Bertz CT molecular complexity index is 245. The molecule has 0 aromatic rings. The Morgan fingerprint density at radius 3 is 2.71 bits per heavy atom. The average Bonchev–Trinajstić information content (AvgIpc) is 2.29. The monoisotopic (exact) mass is 241 g/mol. The Balaban J connectivity index is 2.42. The molecule has 2 N–H and O–H groups in total. The molecule has 1 aliphatic rings. The van der Waals surface area contributed by atoms with E-state index in [1.165, 1.54) is 0 Å². The van der Waals surface area contributed by atoms with Crippen LogP contribution in [0.2, 0.25) is 0 Å². The molecule has 1 fully saturated rings. The first-order valence-electron chi connectivity index (χ1n) is 6.82. The van der Waals surface area contributed by atoms with Crippen molar-refractivity contribution in [2.45, 2.75) is 51.6 Å². The lowest BCUT2D eigenvalue weighted by Crippen LogP contribution is -2.53. The van der Waals surface area contributed by atoms with Crippen LogP contribution in [0.5, 0.6) is 0 Å². The topological polar surface area (TPSA) is 49.6 Å².